The highest BCUT2D eigenvalue weighted by atomic mass is 32.1. The van der Waals surface area contributed by atoms with Crippen molar-refractivity contribution in [3.63, 3.8) is 0 Å². The van der Waals surface area contributed by atoms with Gasteiger partial charge in [-0.3, -0.25) is 0 Å². The maximum Gasteiger partial charge on any atom is 0.0782 e. The number of hydrogen-bond acceptors (Lipinski definition) is 2. The van der Waals surface area contributed by atoms with Crippen molar-refractivity contribution in [1.82, 2.24) is 8.97 Å². The molecule has 0 N–H and O–H groups in total. The Balaban J connectivity index is 0.00000161. The van der Waals surface area contributed by atoms with Crippen LogP contribution in [0.1, 0.15) is 38.7 Å². The molecule has 0 fully saturated rings. The van der Waals surface area contributed by atoms with Gasteiger partial charge in [0.15, 0.2) is 0 Å². The summed E-state index contributed by atoms with van der Waals surface area (Å²) in [5, 5.41) is 7.72. The highest BCUT2D eigenvalue weighted by Gasteiger charge is 2.25. The molecule has 0 aliphatic heterocycles. The first kappa shape index (κ1) is 42.1. The Morgan fingerprint density at radius 1 is 0.657 bits per heavy atom. The highest BCUT2D eigenvalue weighted by molar-refractivity contribution is 7.81. The van der Waals surface area contributed by atoms with Crippen molar-refractivity contribution < 1.29 is 0 Å². The molecule has 2 unspecified atom stereocenters. The van der Waals surface area contributed by atoms with Crippen LogP contribution in [0.5, 0.6) is 0 Å². The van der Waals surface area contributed by atoms with Crippen molar-refractivity contribution in [2.45, 2.75) is 38.4 Å². The second-order valence-corrected chi connectivity index (χ2v) is 18.1. The number of thiol groups is 1. The topological polar surface area (TPSA) is 12.6 Å². The molecule has 7 aromatic carbocycles. The van der Waals surface area contributed by atoms with E-state index < -0.39 is 0 Å². The Morgan fingerprint density at radius 3 is 1.97 bits per heavy atom. The minimum atomic E-state index is 0.157. The number of fused-ring (bicyclic) bond motifs is 9. The SMILES string of the molecule is C=C/C(=C\CC)n1c2ccccc2c2c(-c3ccc(N(c4ccc(C5=CC(C6=CCCC=C6)C(S)C=C5)cc4)c4cccc5c6cccc7c8ccccc8n(c45)c76)cc3)cccc21.C=CC. The average Bonchev–Trinajstić information content (AvgIpc) is 4.03. The van der Waals surface area contributed by atoms with Gasteiger partial charge >= 0.3 is 0 Å². The van der Waals surface area contributed by atoms with Gasteiger partial charge in [0.25, 0.3) is 0 Å². The molecule has 0 radical (unpaired) electrons. The number of aromatic nitrogens is 2. The first-order valence-electron chi connectivity index (χ1n) is 23.6. The van der Waals surface area contributed by atoms with Gasteiger partial charge in [-0.05, 0) is 109 Å². The fourth-order valence-electron chi connectivity index (χ4n) is 10.7. The van der Waals surface area contributed by atoms with E-state index in [-0.39, 0.29) is 11.2 Å². The zero-order chi connectivity index (χ0) is 45.6. The minimum Gasteiger partial charge on any atom is -0.310 e. The zero-order valence-electron chi connectivity index (χ0n) is 38.1. The minimum absolute atomic E-state index is 0.157. The van der Waals surface area contributed by atoms with Gasteiger partial charge in [-0.15, -0.1) is 6.58 Å². The van der Waals surface area contributed by atoms with E-state index in [4.69, 9.17) is 12.6 Å². The molecule has 3 aromatic heterocycles. The normalized spacial score (nSPS) is 16.2. The third-order valence-corrected chi connectivity index (χ3v) is 14.0. The van der Waals surface area contributed by atoms with E-state index in [0.717, 1.165) is 42.0 Å². The predicted octanol–water partition coefficient (Wildman–Crippen LogP) is 17.9. The summed E-state index contributed by atoms with van der Waals surface area (Å²) in [5.74, 6) is 0.246. The van der Waals surface area contributed by atoms with Gasteiger partial charge in [-0.1, -0.05) is 165 Å². The second-order valence-electron chi connectivity index (χ2n) is 17.5. The summed E-state index contributed by atoms with van der Waals surface area (Å²) in [6.07, 6.45) is 23.0. The monoisotopic (exact) mass is 883 g/mol. The molecule has 4 heteroatoms. The predicted molar refractivity (Wildman–Crippen MR) is 295 cm³/mol. The molecular weight excluding hydrogens is 831 g/mol. The van der Waals surface area contributed by atoms with Crippen LogP contribution in [0, 0.1) is 5.92 Å². The van der Waals surface area contributed by atoms with E-state index in [0.29, 0.717) is 0 Å². The van der Waals surface area contributed by atoms with Crippen LogP contribution in [-0.4, -0.2) is 14.2 Å². The van der Waals surface area contributed by atoms with E-state index in [1.807, 2.05) is 13.0 Å². The van der Waals surface area contributed by atoms with Crippen molar-refractivity contribution in [1.29, 1.82) is 0 Å². The summed E-state index contributed by atoms with van der Waals surface area (Å²) in [6, 6.07) is 56.2. The molecule has 0 saturated heterocycles. The molecule has 67 heavy (non-hydrogen) atoms. The Labute approximate surface area is 398 Å². The van der Waals surface area contributed by atoms with Crippen LogP contribution in [0.15, 0.2) is 225 Å². The quantitative estimate of drug-likeness (QED) is 0.0865. The van der Waals surface area contributed by atoms with Crippen molar-refractivity contribution in [3.05, 3.63) is 231 Å². The molecule has 2 aliphatic rings. The summed E-state index contributed by atoms with van der Waals surface area (Å²) >= 11 is 4.99. The Morgan fingerprint density at radius 2 is 1.27 bits per heavy atom. The lowest BCUT2D eigenvalue weighted by molar-refractivity contribution is 0.792. The van der Waals surface area contributed by atoms with Gasteiger partial charge in [0.05, 0.1) is 33.3 Å². The molecule has 10 aromatic rings. The van der Waals surface area contributed by atoms with Gasteiger partial charge in [0, 0.05) is 60.6 Å². The average molecular weight is 884 g/mol. The van der Waals surface area contributed by atoms with Gasteiger partial charge < -0.3 is 13.9 Å². The lowest BCUT2D eigenvalue weighted by Gasteiger charge is -2.27. The molecule has 2 aliphatic carbocycles. The number of benzene rings is 7. The number of allylic oxidation sites excluding steroid dienone is 11. The lowest BCUT2D eigenvalue weighted by Crippen LogP contribution is -2.16. The third-order valence-electron chi connectivity index (χ3n) is 13.5. The lowest BCUT2D eigenvalue weighted by atomic mass is 9.85. The van der Waals surface area contributed by atoms with Gasteiger partial charge in [0.1, 0.15) is 0 Å². The molecule has 2 atom stereocenters. The van der Waals surface area contributed by atoms with Gasteiger partial charge in [-0.2, -0.15) is 12.6 Å². The first-order chi connectivity index (χ1) is 33.0. The van der Waals surface area contributed by atoms with E-state index in [1.54, 1.807) is 6.08 Å². The van der Waals surface area contributed by atoms with Gasteiger partial charge in [-0.25, -0.2) is 0 Å². The summed E-state index contributed by atoms with van der Waals surface area (Å²) < 4.78 is 4.86. The van der Waals surface area contributed by atoms with Crippen LogP contribution >= 0.6 is 12.6 Å². The molecule has 3 nitrogen and oxygen atoms in total. The summed E-state index contributed by atoms with van der Waals surface area (Å²) in [7, 11) is 0. The largest absolute Gasteiger partial charge is 0.310 e. The molecule has 3 heterocycles. The van der Waals surface area contributed by atoms with Crippen LogP contribution in [0.4, 0.5) is 17.1 Å². The molecular formula is C63H53N3S. The van der Waals surface area contributed by atoms with Gasteiger partial charge in [0.2, 0.25) is 0 Å². The number of anilines is 3. The van der Waals surface area contributed by atoms with Crippen LogP contribution in [-0.2, 0) is 0 Å². The van der Waals surface area contributed by atoms with E-state index >= 15 is 0 Å². The maximum absolute atomic E-state index is 4.99. The Hall–Kier alpha value is -7.53. The number of nitrogens with zero attached hydrogens (tertiary/aromatic N) is 3. The van der Waals surface area contributed by atoms with Crippen molar-refractivity contribution in [3.8, 4) is 11.1 Å². The van der Waals surface area contributed by atoms with Crippen molar-refractivity contribution in [2.75, 3.05) is 4.90 Å². The number of hydrogen-bond donors (Lipinski definition) is 1. The van der Waals surface area contributed by atoms with Crippen LogP contribution < -0.4 is 4.90 Å². The third kappa shape index (κ3) is 7.06. The van der Waals surface area contributed by atoms with Crippen LogP contribution in [0.2, 0.25) is 0 Å². The fraction of sp³-hybridized carbons (Fsp3) is 0.111. The fourth-order valence-corrected chi connectivity index (χ4v) is 11.0. The van der Waals surface area contributed by atoms with E-state index in [9.17, 15) is 0 Å². The summed E-state index contributed by atoms with van der Waals surface area (Å²) in [6.45, 7) is 11.6. The molecule has 0 spiro atoms. The van der Waals surface area contributed by atoms with Crippen molar-refractivity contribution >= 4 is 101 Å². The van der Waals surface area contributed by atoms with Crippen LogP contribution in [0.3, 0.4) is 0 Å². The second kappa shape index (κ2) is 17.7. The smallest absolute Gasteiger partial charge is 0.0782 e. The summed E-state index contributed by atoms with van der Waals surface area (Å²) in [4.78, 5) is 2.45. The van der Waals surface area contributed by atoms with E-state index in [2.05, 4.69) is 228 Å². The molecule has 0 bridgehead atoms. The van der Waals surface area contributed by atoms with E-state index in [1.165, 1.54) is 87.7 Å². The standard InChI is InChI=1S/C60H47N3S.C3H6/c1-3-15-43(4-2)62-54-25-11-9-19-51(54)58-46(20-13-26-55(58)62)41-30-35-45(36-31-41)61(44-33-28-39(29-34-44)42-32-37-57(64)52(38-42)40-16-6-5-7-17-40)56-27-14-23-50-49-22-12-21-48-47-18-8-10-24-53(47)63(59(48)49)60(50)56;1-3-2/h4,6,8-38,52,57,64H,2-3,5,7H2,1H3;3H,1H2,2H3/b43-15+;. The van der Waals surface area contributed by atoms with Crippen molar-refractivity contribution in [2.24, 2.45) is 5.92 Å². The molecule has 12 rings (SSSR count). The number of para-hydroxylation sites is 4. The maximum atomic E-state index is 4.99. The molecule has 0 saturated carbocycles. The number of rotatable bonds is 9. The highest BCUT2D eigenvalue weighted by Crippen LogP contribution is 2.47. The molecule has 0 amide bonds. The zero-order valence-corrected chi connectivity index (χ0v) is 39.0. The first-order valence-corrected chi connectivity index (χ1v) is 24.1. The Kier molecular flexibility index (Phi) is 11.1. The van der Waals surface area contributed by atoms with Crippen LogP contribution in [0.25, 0.3) is 82.3 Å². The summed E-state index contributed by atoms with van der Waals surface area (Å²) in [5.41, 5.74) is 16.7. The molecule has 326 valence electrons. The Bertz CT molecular complexity index is 3680.